The van der Waals surface area contributed by atoms with Crippen LogP contribution in [0.3, 0.4) is 0 Å². The van der Waals surface area contributed by atoms with E-state index in [1.54, 1.807) is 12.4 Å². The van der Waals surface area contributed by atoms with Crippen molar-refractivity contribution in [3.63, 3.8) is 0 Å². The second-order valence-electron chi connectivity index (χ2n) is 8.77. The molecule has 1 N–H and O–H groups in total. The van der Waals surface area contributed by atoms with Crippen molar-refractivity contribution in [1.82, 2.24) is 9.88 Å². The van der Waals surface area contributed by atoms with Crippen molar-refractivity contribution in [2.45, 2.75) is 38.7 Å². The summed E-state index contributed by atoms with van der Waals surface area (Å²) >= 11 is 0. The first kappa shape index (κ1) is 21.9. The van der Waals surface area contributed by atoms with E-state index in [1.165, 1.54) is 24.3 Å². The fourth-order valence-electron chi connectivity index (χ4n) is 4.93. The second-order valence-corrected chi connectivity index (χ2v) is 8.77. The molecule has 2 fully saturated rings. The first-order chi connectivity index (χ1) is 14.6. The van der Waals surface area contributed by atoms with Crippen LogP contribution in [0.25, 0.3) is 0 Å². The molecule has 2 aliphatic heterocycles. The van der Waals surface area contributed by atoms with Gasteiger partial charge in [0.15, 0.2) is 0 Å². The van der Waals surface area contributed by atoms with Crippen LogP contribution in [-0.4, -0.2) is 54.1 Å². The fourth-order valence-corrected chi connectivity index (χ4v) is 4.93. The van der Waals surface area contributed by atoms with Crippen LogP contribution in [0.15, 0.2) is 42.7 Å². The van der Waals surface area contributed by atoms with E-state index in [2.05, 4.69) is 26.4 Å². The number of pyridine rings is 1. The quantitative estimate of drug-likeness (QED) is 0.739. The van der Waals surface area contributed by atoms with Gasteiger partial charge in [0.2, 0.25) is 0 Å². The molecule has 3 heterocycles. The number of aliphatic hydroxyl groups is 1. The number of aromatic nitrogens is 1. The number of hydrogen-bond donors (Lipinski definition) is 1. The molecule has 2 aromatic rings. The predicted molar refractivity (Wildman–Crippen MR) is 112 cm³/mol. The Morgan fingerprint density at radius 2 is 1.71 bits per heavy atom. The third kappa shape index (κ3) is 4.11. The van der Waals surface area contributed by atoms with Crippen LogP contribution >= 0.6 is 0 Å². The third-order valence-corrected chi connectivity index (χ3v) is 6.58. The van der Waals surface area contributed by atoms with Gasteiger partial charge in [0.25, 0.3) is 0 Å². The Bertz CT molecular complexity index is 907. The van der Waals surface area contributed by atoms with E-state index in [0.29, 0.717) is 24.2 Å². The van der Waals surface area contributed by atoms with Crippen molar-refractivity contribution in [3.8, 4) is 5.75 Å². The summed E-state index contributed by atoms with van der Waals surface area (Å²) in [6, 6.07) is 7.52. The summed E-state index contributed by atoms with van der Waals surface area (Å²) in [7, 11) is 0. The number of rotatable bonds is 6. The first-order valence-electron chi connectivity index (χ1n) is 10.7. The maximum atomic E-state index is 12.6. The van der Waals surface area contributed by atoms with Gasteiger partial charge in [0.1, 0.15) is 11.4 Å². The third-order valence-electron chi connectivity index (χ3n) is 6.58. The monoisotopic (exact) mass is 435 g/mol. The number of nitrogens with zero attached hydrogens (tertiary/aromatic N) is 3. The van der Waals surface area contributed by atoms with Crippen LogP contribution in [0.5, 0.6) is 5.75 Å². The van der Waals surface area contributed by atoms with Gasteiger partial charge in [-0.15, -0.1) is 13.2 Å². The maximum absolute atomic E-state index is 12.6. The Morgan fingerprint density at radius 1 is 1.06 bits per heavy atom. The summed E-state index contributed by atoms with van der Waals surface area (Å²) in [4.78, 5) is 8.88. The number of alkyl halides is 3. The van der Waals surface area contributed by atoms with Gasteiger partial charge in [-0.1, -0.05) is 26.0 Å². The molecule has 1 aromatic carbocycles. The highest BCUT2D eigenvalue weighted by Gasteiger charge is 2.56. The van der Waals surface area contributed by atoms with Gasteiger partial charge in [-0.2, -0.15) is 0 Å². The van der Waals surface area contributed by atoms with E-state index >= 15 is 0 Å². The summed E-state index contributed by atoms with van der Waals surface area (Å²) in [6.07, 6.45) is 0.959. The van der Waals surface area contributed by atoms with Crippen LogP contribution in [0.2, 0.25) is 0 Å². The normalized spacial score (nSPS) is 20.9. The second kappa shape index (κ2) is 7.98. The number of likely N-dealkylation sites (tertiary alicyclic amines) is 1. The average Bonchev–Trinajstić information content (AvgIpc) is 3.25. The van der Waals surface area contributed by atoms with Crippen LogP contribution in [0.4, 0.5) is 18.9 Å². The highest BCUT2D eigenvalue weighted by Crippen LogP contribution is 2.51. The Labute approximate surface area is 180 Å². The van der Waals surface area contributed by atoms with E-state index in [4.69, 9.17) is 0 Å². The van der Waals surface area contributed by atoms with Crippen molar-refractivity contribution in [2.75, 3.05) is 37.6 Å². The van der Waals surface area contributed by atoms with E-state index in [9.17, 15) is 18.3 Å². The molecule has 31 heavy (non-hydrogen) atoms. The van der Waals surface area contributed by atoms with Crippen molar-refractivity contribution in [2.24, 2.45) is 5.41 Å². The largest absolute Gasteiger partial charge is 0.573 e. The molecule has 1 unspecified atom stereocenters. The zero-order valence-corrected chi connectivity index (χ0v) is 17.8. The molecule has 168 valence electrons. The number of halogens is 3. The summed E-state index contributed by atoms with van der Waals surface area (Å²) in [5.74, 6) is -0.309. The minimum atomic E-state index is -4.76. The molecule has 0 spiro atoms. The zero-order chi connectivity index (χ0) is 22.3. The van der Waals surface area contributed by atoms with Gasteiger partial charge in [-0.25, -0.2) is 0 Å². The summed E-state index contributed by atoms with van der Waals surface area (Å²) in [5.41, 5.74) is 0.222. The molecule has 4 rings (SSSR count). The van der Waals surface area contributed by atoms with Gasteiger partial charge in [0, 0.05) is 43.4 Å². The van der Waals surface area contributed by atoms with E-state index in [0.717, 1.165) is 38.2 Å². The highest BCUT2D eigenvalue weighted by molar-refractivity contribution is 5.51. The molecule has 0 bridgehead atoms. The topological polar surface area (TPSA) is 48.8 Å². The minimum Gasteiger partial charge on any atom is -0.406 e. The van der Waals surface area contributed by atoms with Crippen LogP contribution in [0.1, 0.15) is 37.8 Å². The Kier molecular flexibility index (Phi) is 5.64. The smallest absolute Gasteiger partial charge is 0.406 e. The van der Waals surface area contributed by atoms with Gasteiger partial charge in [0.05, 0.1) is 11.9 Å². The first-order valence-corrected chi connectivity index (χ1v) is 10.7. The lowest BCUT2D eigenvalue weighted by molar-refractivity contribution is -0.274. The summed E-state index contributed by atoms with van der Waals surface area (Å²) in [5, 5.41) is 12.2. The number of hydrogen-bond acceptors (Lipinski definition) is 5. The lowest BCUT2D eigenvalue weighted by atomic mass is 9.62. The Hall–Kier alpha value is -2.32. The molecule has 1 aromatic heterocycles. The van der Waals surface area contributed by atoms with E-state index < -0.39 is 17.4 Å². The van der Waals surface area contributed by atoms with Crippen LogP contribution < -0.4 is 9.64 Å². The molecule has 2 aliphatic rings. The predicted octanol–water partition coefficient (Wildman–Crippen LogP) is 4.16. The SMILES string of the molecule is CCN1CC(C)(C(O)(c2ccc(OC(F)(F)F)cc2)c2cncc(N3CCCC3)c2)C1. The van der Waals surface area contributed by atoms with Crippen LogP contribution in [-0.2, 0) is 5.60 Å². The highest BCUT2D eigenvalue weighted by atomic mass is 19.4. The fraction of sp³-hybridized carbons (Fsp3) is 0.522. The van der Waals surface area contributed by atoms with Crippen LogP contribution in [0, 0.1) is 5.41 Å². The summed E-state index contributed by atoms with van der Waals surface area (Å²) < 4.78 is 41.7. The molecule has 5 nitrogen and oxygen atoms in total. The van der Waals surface area contributed by atoms with Crippen molar-refractivity contribution in [3.05, 3.63) is 53.9 Å². The zero-order valence-electron chi connectivity index (χ0n) is 17.8. The lowest BCUT2D eigenvalue weighted by Gasteiger charge is -2.56. The van der Waals surface area contributed by atoms with Gasteiger partial charge in [-0.3, -0.25) is 4.98 Å². The summed E-state index contributed by atoms with van der Waals surface area (Å²) in [6.45, 7) is 8.21. The molecule has 0 saturated carbocycles. The molecule has 1 atom stereocenters. The number of benzene rings is 1. The van der Waals surface area contributed by atoms with Crippen molar-refractivity contribution < 1.29 is 23.0 Å². The van der Waals surface area contributed by atoms with Crippen molar-refractivity contribution in [1.29, 1.82) is 0 Å². The molecular formula is C23H28F3N3O2. The molecule has 0 aliphatic carbocycles. The number of anilines is 1. The molecule has 0 radical (unpaired) electrons. The van der Waals surface area contributed by atoms with Gasteiger partial charge < -0.3 is 19.6 Å². The minimum absolute atomic E-state index is 0.309. The van der Waals surface area contributed by atoms with E-state index in [1.807, 2.05) is 13.0 Å². The molecular weight excluding hydrogens is 407 g/mol. The number of ether oxygens (including phenoxy) is 1. The van der Waals surface area contributed by atoms with Crippen molar-refractivity contribution >= 4 is 5.69 Å². The average molecular weight is 435 g/mol. The van der Waals surface area contributed by atoms with Gasteiger partial charge in [-0.05, 0) is 43.1 Å². The Morgan fingerprint density at radius 3 is 2.29 bits per heavy atom. The standard InChI is InChI=1S/C23H28F3N3O2/c1-3-28-15-21(2,16-28)22(30,17-6-8-20(9-7-17)31-23(24,25)26)18-12-19(14-27-13-18)29-10-4-5-11-29/h6-9,12-14,30H,3-5,10-11,15-16H2,1-2H3. The molecule has 0 amide bonds. The lowest BCUT2D eigenvalue weighted by Crippen LogP contribution is -2.64. The molecule has 8 heteroatoms. The molecule has 2 saturated heterocycles. The Balaban J connectivity index is 1.74. The van der Waals surface area contributed by atoms with Gasteiger partial charge >= 0.3 is 6.36 Å². The maximum Gasteiger partial charge on any atom is 0.573 e. The van der Waals surface area contributed by atoms with E-state index in [-0.39, 0.29) is 5.75 Å².